The number of rotatable bonds is 52. The number of esters is 2. The van der Waals surface area contributed by atoms with Crippen molar-refractivity contribution in [2.45, 2.75) is 264 Å². The number of hydrogen-bond donors (Lipinski definition) is 1. The third-order valence-corrected chi connectivity index (χ3v) is 13.3. The van der Waals surface area contributed by atoms with Crippen molar-refractivity contribution in [3.05, 3.63) is 48.6 Å². The maximum Gasteiger partial charge on any atom is 0.472 e. The van der Waals surface area contributed by atoms with Crippen LogP contribution < -0.4 is 0 Å². The van der Waals surface area contributed by atoms with Gasteiger partial charge in [0.15, 0.2) is 6.10 Å². The van der Waals surface area contributed by atoms with Gasteiger partial charge in [-0.25, -0.2) is 4.57 Å². The summed E-state index contributed by atoms with van der Waals surface area (Å²) in [4.78, 5) is 35.6. The number of allylic oxidation sites excluding steroid dienone is 8. The predicted molar refractivity (Wildman–Crippen MR) is 289 cm³/mol. The largest absolute Gasteiger partial charge is 0.472 e. The second kappa shape index (κ2) is 49.9. The van der Waals surface area contributed by atoms with Crippen molar-refractivity contribution >= 4 is 19.8 Å². The molecule has 2 unspecified atom stereocenters. The van der Waals surface area contributed by atoms with Crippen LogP contribution in [0.4, 0.5) is 0 Å². The Balaban J connectivity index is 4.03. The molecule has 9 nitrogen and oxygen atoms in total. The van der Waals surface area contributed by atoms with Crippen LogP contribution in [0.15, 0.2) is 48.6 Å². The molecular weight excluding hydrogens is 870 g/mol. The van der Waals surface area contributed by atoms with Crippen LogP contribution in [0.3, 0.4) is 0 Å². The molecule has 0 aliphatic heterocycles. The van der Waals surface area contributed by atoms with Crippen LogP contribution in [0, 0.1) is 0 Å². The lowest BCUT2D eigenvalue weighted by Crippen LogP contribution is -2.37. The van der Waals surface area contributed by atoms with Crippen molar-refractivity contribution < 1.29 is 42.1 Å². The fraction of sp³-hybridized carbons (Fsp3) is 0.828. The highest BCUT2D eigenvalue weighted by molar-refractivity contribution is 7.47. The zero-order chi connectivity index (χ0) is 49.9. The molecule has 0 saturated heterocycles. The van der Waals surface area contributed by atoms with Crippen LogP contribution >= 0.6 is 7.82 Å². The van der Waals surface area contributed by atoms with Crippen molar-refractivity contribution in [3.8, 4) is 0 Å². The third-order valence-electron chi connectivity index (χ3n) is 12.3. The van der Waals surface area contributed by atoms with Crippen LogP contribution in [0.1, 0.15) is 258 Å². The number of phosphoric acid groups is 1. The van der Waals surface area contributed by atoms with Crippen LogP contribution in [0.2, 0.25) is 0 Å². The molecule has 2 atom stereocenters. The quantitative estimate of drug-likeness (QED) is 0.0211. The summed E-state index contributed by atoms with van der Waals surface area (Å²) in [5, 5.41) is 0. The van der Waals surface area contributed by atoms with Gasteiger partial charge >= 0.3 is 19.8 Å². The number of phosphoric ester groups is 1. The minimum Gasteiger partial charge on any atom is -0.462 e. The van der Waals surface area contributed by atoms with Crippen LogP contribution in [-0.2, 0) is 32.7 Å². The van der Waals surface area contributed by atoms with E-state index in [4.69, 9.17) is 18.5 Å². The molecule has 0 rings (SSSR count). The zero-order valence-electron chi connectivity index (χ0n) is 45.1. The van der Waals surface area contributed by atoms with E-state index in [0.717, 1.165) is 70.6 Å². The van der Waals surface area contributed by atoms with E-state index < -0.39 is 26.5 Å². The normalized spacial score (nSPS) is 13.7. The molecule has 0 aromatic carbocycles. The first-order valence-corrected chi connectivity index (χ1v) is 29.9. The molecule has 0 fully saturated rings. The molecule has 0 heterocycles. The Morgan fingerprint density at radius 2 is 0.824 bits per heavy atom. The SMILES string of the molecule is CCC/C=C\C/C=C\CCCCCCCC(=O)OCC(COP(=O)(O)OCC[N+](C)(C)C)OC(=O)CCCCCCCCCCCCCCCCCCCCC/C=C\C/C=C\CCCCCCC. The molecule has 10 heteroatoms. The molecule has 0 aromatic rings. The summed E-state index contributed by atoms with van der Waals surface area (Å²) in [5.74, 6) is -0.807. The first kappa shape index (κ1) is 66.0. The highest BCUT2D eigenvalue weighted by atomic mass is 31.2. The summed E-state index contributed by atoms with van der Waals surface area (Å²) in [5.41, 5.74) is 0. The van der Waals surface area contributed by atoms with Crippen molar-refractivity contribution in [1.29, 1.82) is 0 Å². The highest BCUT2D eigenvalue weighted by Gasteiger charge is 2.27. The molecule has 0 radical (unpaired) electrons. The Hall–Kier alpha value is -2.03. The van der Waals surface area contributed by atoms with Gasteiger partial charge in [0, 0.05) is 12.8 Å². The monoisotopic (exact) mass is 979 g/mol. The average Bonchev–Trinajstić information content (AvgIpc) is 3.30. The lowest BCUT2D eigenvalue weighted by molar-refractivity contribution is -0.870. The lowest BCUT2D eigenvalue weighted by atomic mass is 10.0. The van der Waals surface area contributed by atoms with E-state index in [0.29, 0.717) is 17.4 Å². The Morgan fingerprint density at radius 3 is 1.22 bits per heavy atom. The second-order valence-corrected chi connectivity index (χ2v) is 21.8. The summed E-state index contributed by atoms with van der Waals surface area (Å²) < 4.78 is 34.5. The molecule has 0 amide bonds. The van der Waals surface area contributed by atoms with Crippen molar-refractivity contribution in [1.82, 2.24) is 0 Å². The molecule has 398 valence electrons. The first-order chi connectivity index (χ1) is 33.0. The van der Waals surface area contributed by atoms with Crippen molar-refractivity contribution in [2.75, 3.05) is 47.5 Å². The number of nitrogens with zero attached hydrogens (tertiary/aromatic N) is 1. The van der Waals surface area contributed by atoms with Crippen LogP contribution in [0.25, 0.3) is 0 Å². The number of quaternary nitrogens is 1. The molecule has 0 aliphatic rings. The number of ether oxygens (including phenoxy) is 2. The van der Waals surface area contributed by atoms with E-state index in [1.54, 1.807) is 0 Å². The predicted octanol–water partition coefficient (Wildman–Crippen LogP) is 17.4. The highest BCUT2D eigenvalue weighted by Crippen LogP contribution is 2.43. The van der Waals surface area contributed by atoms with Gasteiger partial charge in [-0.05, 0) is 70.6 Å². The topological polar surface area (TPSA) is 108 Å². The van der Waals surface area contributed by atoms with Crippen LogP contribution in [0.5, 0.6) is 0 Å². The maximum absolute atomic E-state index is 12.8. The van der Waals surface area contributed by atoms with Gasteiger partial charge in [-0.15, -0.1) is 0 Å². The molecule has 0 spiro atoms. The number of hydrogen-bond acceptors (Lipinski definition) is 7. The number of likely N-dealkylation sites (N-methyl/N-ethyl adjacent to an activating group) is 1. The summed E-state index contributed by atoms with van der Waals surface area (Å²) >= 11 is 0. The minimum atomic E-state index is -4.38. The standard InChI is InChI=1S/C58H108NO8P/c1-6-8-10-12-14-16-18-20-21-22-23-24-25-26-27-28-29-30-31-32-33-34-35-36-37-39-41-43-45-47-49-51-58(61)67-56(55-66-68(62,63)65-53-52-59(3,4)5)54-64-57(60)50-48-46-44-42-40-38-19-17-15-13-11-9-7-2/h11,13,17-20,22-23,56H,6-10,12,14-16,21,24-55H2,1-5H3/p+1/b13-11-,19-17-,20-18-,23-22-. The van der Waals surface area contributed by atoms with E-state index in [1.165, 1.54) is 154 Å². The van der Waals surface area contributed by atoms with E-state index in [9.17, 15) is 19.0 Å². The summed E-state index contributed by atoms with van der Waals surface area (Å²) in [7, 11) is 1.47. The molecular formula is C58H109NO8P+. The van der Waals surface area contributed by atoms with Gasteiger partial charge in [0.1, 0.15) is 19.8 Å². The summed E-state index contributed by atoms with van der Waals surface area (Å²) in [6.07, 6.45) is 61.9. The van der Waals surface area contributed by atoms with E-state index in [-0.39, 0.29) is 32.0 Å². The summed E-state index contributed by atoms with van der Waals surface area (Å²) in [6, 6.07) is 0. The van der Waals surface area contributed by atoms with Gasteiger partial charge in [-0.3, -0.25) is 18.6 Å². The van der Waals surface area contributed by atoms with Crippen molar-refractivity contribution in [3.63, 3.8) is 0 Å². The molecule has 1 N–H and O–H groups in total. The van der Waals surface area contributed by atoms with Crippen molar-refractivity contribution in [2.24, 2.45) is 0 Å². The first-order valence-electron chi connectivity index (χ1n) is 28.4. The zero-order valence-corrected chi connectivity index (χ0v) is 46.0. The maximum atomic E-state index is 12.8. The van der Waals surface area contributed by atoms with Gasteiger partial charge in [0.2, 0.25) is 0 Å². The Labute approximate surface area is 420 Å². The third kappa shape index (κ3) is 53.3. The second-order valence-electron chi connectivity index (χ2n) is 20.3. The molecule has 0 saturated carbocycles. The molecule has 68 heavy (non-hydrogen) atoms. The van der Waals surface area contributed by atoms with Gasteiger partial charge < -0.3 is 18.9 Å². The molecule has 0 bridgehead atoms. The summed E-state index contributed by atoms with van der Waals surface area (Å²) in [6.45, 7) is 4.36. The fourth-order valence-corrected chi connectivity index (χ4v) is 8.65. The minimum absolute atomic E-state index is 0.0296. The van der Waals surface area contributed by atoms with E-state index >= 15 is 0 Å². The Bertz CT molecular complexity index is 1290. The molecule has 0 aromatic heterocycles. The number of carbonyl (C=O) groups is 2. The van der Waals surface area contributed by atoms with Gasteiger partial charge in [0.25, 0.3) is 0 Å². The number of carbonyl (C=O) groups excluding carboxylic acids is 2. The Kier molecular flexibility index (Phi) is 48.4. The van der Waals surface area contributed by atoms with Gasteiger partial charge in [-0.2, -0.15) is 0 Å². The smallest absolute Gasteiger partial charge is 0.462 e. The number of unbranched alkanes of at least 4 members (excludes halogenated alkanes) is 30. The van der Waals surface area contributed by atoms with E-state index in [2.05, 4.69) is 62.5 Å². The van der Waals surface area contributed by atoms with Crippen LogP contribution in [-0.4, -0.2) is 74.9 Å². The van der Waals surface area contributed by atoms with Gasteiger partial charge in [-0.1, -0.05) is 223 Å². The van der Waals surface area contributed by atoms with E-state index in [1.807, 2.05) is 21.1 Å². The molecule has 0 aliphatic carbocycles. The average molecular weight is 979 g/mol. The van der Waals surface area contributed by atoms with Gasteiger partial charge in [0.05, 0.1) is 27.7 Å². The Morgan fingerprint density at radius 1 is 0.456 bits per heavy atom. The fourth-order valence-electron chi connectivity index (χ4n) is 7.91. The lowest BCUT2D eigenvalue weighted by Gasteiger charge is -2.24.